The van der Waals surface area contributed by atoms with Crippen molar-refractivity contribution in [2.24, 2.45) is 0 Å². The van der Waals surface area contributed by atoms with E-state index in [0.717, 1.165) is 25.0 Å². The quantitative estimate of drug-likeness (QED) is 0.518. The number of hydrogen-bond donors (Lipinski definition) is 0. The number of rotatable bonds is 8. The van der Waals surface area contributed by atoms with Crippen molar-refractivity contribution in [1.29, 1.82) is 0 Å². The number of hydrogen-bond acceptors (Lipinski definition) is 7. The maximum absolute atomic E-state index is 13.1. The highest BCUT2D eigenvalue weighted by molar-refractivity contribution is 7.89. The van der Waals surface area contributed by atoms with Crippen LogP contribution in [0.25, 0.3) is 0 Å². The molecular weight excluding hydrogens is 497 g/mol. The van der Waals surface area contributed by atoms with Gasteiger partial charge in [-0.05, 0) is 37.1 Å². The molecule has 0 atom stereocenters. The Morgan fingerprint density at radius 2 is 1.77 bits per heavy atom. The summed E-state index contributed by atoms with van der Waals surface area (Å²) in [6.07, 6.45) is 6.52. The van der Waals surface area contributed by atoms with Crippen molar-refractivity contribution >= 4 is 28.3 Å². The summed E-state index contributed by atoms with van der Waals surface area (Å²) in [5.41, 5.74) is 0. The molecule has 1 saturated carbocycles. The Hall–Kier alpha value is -2.08. The normalized spacial score (nSPS) is 18.2. The molecule has 0 bridgehead atoms. The molecule has 1 aromatic carbocycles. The van der Waals surface area contributed by atoms with E-state index >= 15 is 0 Å². The predicted octanol–water partition coefficient (Wildman–Crippen LogP) is 2.86. The molecule has 35 heavy (non-hydrogen) atoms. The van der Waals surface area contributed by atoms with Gasteiger partial charge in [-0.2, -0.15) is 9.29 Å². The number of carbonyl (C=O) groups is 1. The molecule has 12 heteroatoms. The summed E-state index contributed by atoms with van der Waals surface area (Å²) in [7, 11) is -1.77. The summed E-state index contributed by atoms with van der Waals surface area (Å²) in [6.45, 7) is 2.15. The molecule has 4 rings (SSSR count). The van der Waals surface area contributed by atoms with Gasteiger partial charge in [0, 0.05) is 52.1 Å². The van der Waals surface area contributed by atoms with E-state index in [2.05, 4.69) is 15.0 Å². The lowest BCUT2D eigenvalue weighted by Gasteiger charge is -2.33. The highest BCUT2D eigenvalue weighted by Crippen LogP contribution is 2.22. The second-order valence-corrected chi connectivity index (χ2v) is 11.0. The fourth-order valence-corrected chi connectivity index (χ4v) is 6.02. The predicted molar refractivity (Wildman–Crippen MR) is 130 cm³/mol. The second kappa shape index (κ2) is 12.2. The van der Waals surface area contributed by atoms with Crippen LogP contribution in [-0.2, 0) is 27.8 Å². The van der Waals surface area contributed by atoms with Crippen molar-refractivity contribution in [3.05, 3.63) is 41.8 Å². The summed E-state index contributed by atoms with van der Waals surface area (Å²) in [6, 6.07) is 5.22. The number of sulfonamides is 1. The molecule has 1 aliphatic carbocycles. The molecule has 1 aromatic heterocycles. The van der Waals surface area contributed by atoms with Gasteiger partial charge >= 0.3 is 0 Å². The minimum absolute atomic E-state index is 0. The van der Waals surface area contributed by atoms with Crippen LogP contribution in [0.3, 0.4) is 0 Å². The fraction of sp³-hybridized carbons (Fsp3) is 0.609. The summed E-state index contributed by atoms with van der Waals surface area (Å²) in [5.74, 6) is 0.602. The van der Waals surface area contributed by atoms with Crippen LogP contribution in [0.1, 0.15) is 50.2 Å². The Morgan fingerprint density at radius 1 is 1.11 bits per heavy atom. The summed E-state index contributed by atoms with van der Waals surface area (Å²) in [4.78, 5) is 21.0. The third-order valence-electron chi connectivity index (χ3n) is 6.73. The van der Waals surface area contributed by atoms with Gasteiger partial charge in [-0.3, -0.25) is 9.69 Å². The number of aryl methyl sites for hydroxylation is 1. The highest BCUT2D eigenvalue weighted by Gasteiger charge is 2.29. The van der Waals surface area contributed by atoms with Crippen LogP contribution in [0.2, 0.25) is 0 Å². The summed E-state index contributed by atoms with van der Waals surface area (Å²) >= 11 is 0. The minimum Gasteiger partial charge on any atom is -0.343 e. The van der Waals surface area contributed by atoms with Crippen molar-refractivity contribution < 1.29 is 22.1 Å². The average molecular weight is 530 g/mol. The molecule has 0 radical (unpaired) electrons. The Bertz CT molecular complexity index is 1070. The molecule has 2 aliphatic rings. The van der Waals surface area contributed by atoms with E-state index in [9.17, 15) is 17.6 Å². The molecule has 2 aromatic rings. The molecule has 0 N–H and O–H groups in total. The number of halogens is 2. The highest BCUT2D eigenvalue weighted by atomic mass is 35.5. The maximum atomic E-state index is 13.1. The van der Waals surface area contributed by atoms with Crippen molar-refractivity contribution in [3.63, 3.8) is 0 Å². The van der Waals surface area contributed by atoms with Crippen LogP contribution < -0.4 is 0 Å². The molecule has 9 nitrogen and oxygen atoms in total. The van der Waals surface area contributed by atoms with E-state index in [1.54, 1.807) is 0 Å². The molecule has 0 unspecified atom stereocenters. The van der Waals surface area contributed by atoms with Crippen LogP contribution in [0.4, 0.5) is 4.39 Å². The van der Waals surface area contributed by atoms with Gasteiger partial charge in [-0.25, -0.2) is 12.8 Å². The lowest BCUT2D eigenvalue weighted by Crippen LogP contribution is -2.48. The van der Waals surface area contributed by atoms with E-state index in [-0.39, 0.29) is 23.2 Å². The van der Waals surface area contributed by atoms with Crippen molar-refractivity contribution in [2.45, 2.75) is 62.4 Å². The van der Waals surface area contributed by atoms with Gasteiger partial charge in [0.2, 0.25) is 21.8 Å². The molecule has 1 amide bonds. The van der Waals surface area contributed by atoms with Gasteiger partial charge in [0.25, 0.3) is 0 Å². The van der Waals surface area contributed by atoms with Gasteiger partial charge < -0.3 is 9.42 Å². The van der Waals surface area contributed by atoms with Crippen molar-refractivity contribution in [3.8, 4) is 0 Å². The van der Waals surface area contributed by atoms with Gasteiger partial charge in [0.1, 0.15) is 5.82 Å². The molecule has 194 valence electrons. The van der Waals surface area contributed by atoms with Gasteiger partial charge in [0.05, 0.1) is 11.4 Å². The number of amides is 1. The molecule has 1 saturated heterocycles. The van der Waals surface area contributed by atoms with E-state index in [1.807, 2.05) is 11.9 Å². The van der Waals surface area contributed by atoms with E-state index < -0.39 is 15.8 Å². The standard InChI is InChI=1S/C23H32FN5O4S.ClH/c1-27(19-5-3-2-4-6-19)23(30)12-11-22-25-21(26-33-22)17-28-13-15-29(16-14-28)34(31,32)20-9-7-18(24)8-10-20;/h7-10,19H,2-6,11-17H2,1H3;1H. The molecule has 1 aliphatic heterocycles. The van der Waals surface area contributed by atoms with Gasteiger partial charge in [-0.1, -0.05) is 24.4 Å². The van der Waals surface area contributed by atoms with Crippen LogP contribution in [0.5, 0.6) is 0 Å². The number of aromatic nitrogens is 2. The number of piperazine rings is 1. The van der Waals surface area contributed by atoms with Crippen LogP contribution in [0, 0.1) is 5.82 Å². The van der Waals surface area contributed by atoms with E-state index in [1.165, 1.54) is 35.7 Å². The lowest BCUT2D eigenvalue weighted by molar-refractivity contribution is -0.132. The number of nitrogens with zero attached hydrogens (tertiary/aromatic N) is 5. The first-order valence-electron chi connectivity index (χ1n) is 11.9. The van der Waals surface area contributed by atoms with Crippen LogP contribution >= 0.6 is 12.4 Å². The molecular formula is C23H33ClFN5O4S. The average Bonchev–Trinajstić information content (AvgIpc) is 3.30. The Balaban J connectivity index is 0.00000342. The molecule has 2 fully saturated rings. The number of benzene rings is 1. The van der Waals surface area contributed by atoms with Crippen molar-refractivity contribution in [2.75, 3.05) is 33.2 Å². The smallest absolute Gasteiger partial charge is 0.243 e. The molecule has 0 spiro atoms. The Morgan fingerprint density at radius 3 is 2.43 bits per heavy atom. The first kappa shape index (κ1) is 27.5. The van der Waals surface area contributed by atoms with Crippen molar-refractivity contribution in [1.82, 2.24) is 24.2 Å². The Labute approximate surface area is 212 Å². The lowest BCUT2D eigenvalue weighted by atomic mass is 9.94. The molecule has 2 heterocycles. The van der Waals surface area contributed by atoms with Gasteiger partial charge in [-0.15, -0.1) is 12.4 Å². The first-order valence-corrected chi connectivity index (χ1v) is 13.3. The topological polar surface area (TPSA) is 99.9 Å². The first-order chi connectivity index (χ1) is 16.3. The van der Waals surface area contributed by atoms with Gasteiger partial charge in [0.15, 0.2) is 5.82 Å². The third-order valence-corrected chi connectivity index (χ3v) is 8.64. The maximum Gasteiger partial charge on any atom is 0.243 e. The summed E-state index contributed by atoms with van der Waals surface area (Å²) in [5, 5.41) is 4.03. The second-order valence-electron chi connectivity index (χ2n) is 9.03. The Kier molecular flexibility index (Phi) is 9.62. The zero-order valence-corrected chi connectivity index (χ0v) is 21.6. The van der Waals surface area contributed by atoms with Crippen LogP contribution in [-0.4, -0.2) is 77.8 Å². The monoisotopic (exact) mass is 529 g/mol. The van der Waals surface area contributed by atoms with E-state index in [0.29, 0.717) is 63.3 Å². The summed E-state index contributed by atoms with van der Waals surface area (Å²) < 4.78 is 45.4. The fourth-order valence-electron chi connectivity index (χ4n) is 4.60. The zero-order valence-electron chi connectivity index (χ0n) is 19.9. The van der Waals surface area contributed by atoms with Crippen LogP contribution in [0.15, 0.2) is 33.7 Å². The third kappa shape index (κ3) is 6.99. The van der Waals surface area contributed by atoms with E-state index in [4.69, 9.17) is 4.52 Å². The zero-order chi connectivity index (χ0) is 24.1. The SMILES string of the molecule is CN(C(=O)CCc1nc(CN2CCN(S(=O)(=O)c3ccc(F)cc3)CC2)no1)C1CCCCC1.Cl. The largest absolute Gasteiger partial charge is 0.343 e. The number of carbonyl (C=O) groups excluding carboxylic acids is 1. The minimum atomic E-state index is -3.65.